The zero-order valence-corrected chi connectivity index (χ0v) is 16.7. The monoisotopic (exact) mass is 380 g/mol. The van der Waals surface area contributed by atoms with E-state index in [9.17, 15) is 0 Å². The molecule has 0 amide bonds. The van der Waals surface area contributed by atoms with Crippen LogP contribution in [-0.2, 0) is 25.9 Å². The molecule has 0 aliphatic rings. The molecule has 2 aromatic heterocycles. The Labute approximate surface area is 165 Å². The number of benzene rings is 1. The fourth-order valence-corrected chi connectivity index (χ4v) is 3.00. The number of rotatable bonds is 8. The second-order valence-corrected chi connectivity index (χ2v) is 6.40. The van der Waals surface area contributed by atoms with Gasteiger partial charge in [0.15, 0.2) is 5.96 Å². The summed E-state index contributed by atoms with van der Waals surface area (Å²) in [4.78, 5) is 12.5. The third kappa shape index (κ3) is 4.79. The van der Waals surface area contributed by atoms with E-state index in [-0.39, 0.29) is 0 Å². The molecule has 28 heavy (non-hydrogen) atoms. The van der Waals surface area contributed by atoms with Crippen LogP contribution in [-0.4, -0.2) is 27.6 Å². The van der Waals surface area contributed by atoms with Gasteiger partial charge in [-0.1, -0.05) is 49.3 Å². The highest BCUT2D eigenvalue weighted by atomic mass is 16.5. The Morgan fingerprint density at radius 3 is 2.64 bits per heavy atom. The summed E-state index contributed by atoms with van der Waals surface area (Å²) in [5, 5.41) is 10.8. The van der Waals surface area contributed by atoms with E-state index in [2.05, 4.69) is 51.7 Å². The van der Waals surface area contributed by atoms with Gasteiger partial charge in [-0.15, -0.1) is 0 Å². The molecular weight excluding hydrogens is 352 g/mol. The van der Waals surface area contributed by atoms with Crippen molar-refractivity contribution in [3.05, 3.63) is 59.4 Å². The van der Waals surface area contributed by atoms with Crippen molar-refractivity contribution in [2.75, 3.05) is 6.54 Å². The lowest BCUT2D eigenvalue weighted by molar-refractivity contribution is 0.380. The predicted molar refractivity (Wildman–Crippen MR) is 111 cm³/mol. The largest absolute Gasteiger partial charge is 0.361 e. The van der Waals surface area contributed by atoms with Crippen molar-refractivity contribution in [2.24, 2.45) is 4.99 Å². The van der Waals surface area contributed by atoms with Crippen LogP contribution < -0.4 is 10.6 Å². The van der Waals surface area contributed by atoms with Crippen molar-refractivity contribution >= 4 is 5.96 Å². The van der Waals surface area contributed by atoms with Gasteiger partial charge in [-0.3, -0.25) is 0 Å². The number of guanidine groups is 1. The summed E-state index contributed by atoms with van der Waals surface area (Å²) >= 11 is 0. The minimum absolute atomic E-state index is 0.540. The van der Waals surface area contributed by atoms with E-state index < -0.39 is 0 Å². The van der Waals surface area contributed by atoms with Gasteiger partial charge in [-0.25, -0.2) is 9.98 Å². The smallest absolute Gasteiger partial charge is 0.191 e. The summed E-state index contributed by atoms with van der Waals surface area (Å²) in [7, 11) is 0. The van der Waals surface area contributed by atoms with Crippen LogP contribution in [0.3, 0.4) is 0 Å². The van der Waals surface area contributed by atoms with E-state index in [0.717, 1.165) is 59.4 Å². The first-order chi connectivity index (χ1) is 13.7. The Hall–Kier alpha value is -3.09. The fourth-order valence-electron chi connectivity index (χ4n) is 3.00. The molecule has 3 aromatic rings. The molecule has 0 bridgehead atoms. The minimum Gasteiger partial charge on any atom is -0.361 e. The van der Waals surface area contributed by atoms with Crippen LogP contribution in [0, 0.1) is 0 Å². The van der Waals surface area contributed by atoms with Gasteiger partial charge in [0.1, 0.15) is 11.6 Å². The summed E-state index contributed by atoms with van der Waals surface area (Å²) in [6.45, 7) is 8.07. The number of nitrogens with zero attached hydrogens (tertiary/aromatic N) is 3. The van der Waals surface area contributed by atoms with E-state index in [1.807, 2.05) is 31.3 Å². The van der Waals surface area contributed by atoms with Crippen LogP contribution >= 0.6 is 0 Å². The first-order valence-electron chi connectivity index (χ1n) is 9.82. The summed E-state index contributed by atoms with van der Waals surface area (Å²) in [5.41, 5.74) is 4.19. The lowest BCUT2D eigenvalue weighted by atomic mass is 10.1. The maximum Gasteiger partial charge on any atom is 0.191 e. The van der Waals surface area contributed by atoms with Crippen molar-refractivity contribution in [3.8, 4) is 11.3 Å². The maximum absolute atomic E-state index is 5.43. The number of hydrogen-bond donors (Lipinski definition) is 3. The number of hydrogen-bond acceptors (Lipinski definition) is 4. The van der Waals surface area contributed by atoms with Gasteiger partial charge in [-0.2, -0.15) is 0 Å². The standard InChI is InChI=1S/C21H28N6O/c1-4-17-16(19(5-2)28-27-17)12-24-21(22-6-3)25-14-20-23-13-18(26-20)15-10-8-7-9-11-15/h7-11,13H,4-6,12,14H2,1-3H3,(H,23,26)(H2,22,24,25). The van der Waals surface area contributed by atoms with Crippen LogP contribution in [0.25, 0.3) is 11.3 Å². The van der Waals surface area contributed by atoms with Gasteiger partial charge in [0.25, 0.3) is 0 Å². The van der Waals surface area contributed by atoms with Gasteiger partial charge in [-0.05, 0) is 18.9 Å². The highest BCUT2D eigenvalue weighted by molar-refractivity contribution is 5.79. The number of aryl methyl sites for hydroxylation is 2. The number of aromatic amines is 1. The average Bonchev–Trinajstić information content (AvgIpc) is 3.37. The van der Waals surface area contributed by atoms with Gasteiger partial charge in [0.2, 0.25) is 0 Å². The molecule has 0 fully saturated rings. The SMILES string of the molecule is CCNC(=NCc1c(CC)noc1CC)NCc1ncc(-c2ccccc2)[nH]1. The maximum atomic E-state index is 5.43. The summed E-state index contributed by atoms with van der Waals surface area (Å²) in [6.07, 6.45) is 3.51. The molecule has 0 spiro atoms. The Morgan fingerprint density at radius 1 is 1.11 bits per heavy atom. The Kier molecular flexibility index (Phi) is 6.84. The highest BCUT2D eigenvalue weighted by Crippen LogP contribution is 2.17. The van der Waals surface area contributed by atoms with Crippen LogP contribution in [0.2, 0.25) is 0 Å². The molecule has 3 N–H and O–H groups in total. The number of H-pyrrole nitrogens is 1. The van der Waals surface area contributed by atoms with Crippen LogP contribution in [0.5, 0.6) is 0 Å². The fraction of sp³-hybridized carbons (Fsp3) is 0.381. The van der Waals surface area contributed by atoms with Gasteiger partial charge >= 0.3 is 0 Å². The number of imidazole rings is 1. The first kappa shape index (κ1) is 19.7. The molecule has 3 rings (SSSR count). The van der Waals surface area contributed by atoms with E-state index >= 15 is 0 Å². The second kappa shape index (κ2) is 9.73. The number of aromatic nitrogens is 3. The molecule has 0 radical (unpaired) electrons. The van der Waals surface area contributed by atoms with Crippen molar-refractivity contribution < 1.29 is 4.52 Å². The zero-order chi connectivity index (χ0) is 19.8. The van der Waals surface area contributed by atoms with Crippen LogP contribution in [0.1, 0.15) is 43.6 Å². The molecule has 0 saturated carbocycles. The third-order valence-corrected chi connectivity index (χ3v) is 4.48. The Balaban J connectivity index is 1.66. The Morgan fingerprint density at radius 2 is 1.93 bits per heavy atom. The van der Waals surface area contributed by atoms with E-state index in [4.69, 9.17) is 9.52 Å². The summed E-state index contributed by atoms with van der Waals surface area (Å²) < 4.78 is 5.43. The molecule has 0 atom stereocenters. The number of nitrogens with one attached hydrogen (secondary N) is 3. The third-order valence-electron chi connectivity index (χ3n) is 4.48. The lowest BCUT2D eigenvalue weighted by Crippen LogP contribution is -2.37. The van der Waals surface area contributed by atoms with Crippen molar-refractivity contribution in [2.45, 2.75) is 46.7 Å². The molecule has 2 heterocycles. The molecular formula is C21H28N6O. The molecule has 1 aromatic carbocycles. The van der Waals surface area contributed by atoms with Crippen molar-refractivity contribution in [1.29, 1.82) is 0 Å². The van der Waals surface area contributed by atoms with Gasteiger partial charge in [0.05, 0.1) is 30.7 Å². The quantitative estimate of drug-likeness (QED) is 0.411. The molecule has 0 aliphatic carbocycles. The topological polar surface area (TPSA) is 91.1 Å². The lowest BCUT2D eigenvalue weighted by Gasteiger charge is -2.10. The predicted octanol–water partition coefficient (Wildman–Crippen LogP) is 3.44. The normalized spacial score (nSPS) is 11.6. The van der Waals surface area contributed by atoms with Crippen molar-refractivity contribution in [3.63, 3.8) is 0 Å². The van der Waals surface area contributed by atoms with E-state index in [1.165, 1.54) is 0 Å². The molecule has 7 nitrogen and oxygen atoms in total. The first-order valence-corrected chi connectivity index (χ1v) is 9.82. The zero-order valence-electron chi connectivity index (χ0n) is 16.7. The van der Waals surface area contributed by atoms with Gasteiger partial charge in [0, 0.05) is 18.5 Å². The average molecular weight is 380 g/mol. The summed E-state index contributed by atoms with van der Waals surface area (Å²) in [5.74, 6) is 2.51. The second-order valence-electron chi connectivity index (χ2n) is 6.40. The highest BCUT2D eigenvalue weighted by Gasteiger charge is 2.13. The molecule has 7 heteroatoms. The van der Waals surface area contributed by atoms with Crippen LogP contribution in [0.15, 0.2) is 46.0 Å². The Bertz CT molecular complexity index is 875. The minimum atomic E-state index is 0.540. The van der Waals surface area contributed by atoms with Crippen molar-refractivity contribution in [1.82, 2.24) is 25.8 Å². The molecule has 0 aliphatic heterocycles. The molecule has 148 valence electrons. The number of aliphatic imine (C=N–C) groups is 1. The van der Waals surface area contributed by atoms with E-state index in [1.54, 1.807) is 0 Å². The molecule has 0 saturated heterocycles. The molecule has 0 unspecified atom stereocenters. The van der Waals surface area contributed by atoms with E-state index in [0.29, 0.717) is 13.1 Å². The van der Waals surface area contributed by atoms with Gasteiger partial charge < -0.3 is 20.1 Å². The van der Waals surface area contributed by atoms with Crippen LogP contribution in [0.4, 0.5) is 0 Å². The summed E-state index contributed by atoms with van der Waals surface area (Å²) in [6, 6.07) is 10.2.